The zero-order valence-corrected chi connectivity index (χ0v) is 8.38. The highest BCUT2D eigenvalue weighted by molar-refractivity contribution is 6.30. The van der Waals surface area contributed by atoms with Gasteiger partial charge in [-0.15, -0.1) is 0 Å². The van der Waals surface area contributed by atoms with Gasteiger partial charge in [0.2, 0.25) is 0 Å². The fraction of sp³-hybridized carbons (Fsp3) is 0.400. The highest BCUT2D eigenvalue weighted by Crippen LogP contribution is 2.17. The molecule has 0 bridgehead atoms. The van der Waals surface area contributed by atoms with Gasteiger partial charge in [0.25, 0.3) is 0 Å². The maximum atomic E-state index is 9.23. The quantitative estimate of drug-likeness (QED) is 0.779. The summed E-state index contributed by atoms with van der Waals surface area (Å²) in [7, 11) is 0. The topological polar surface area (TPSA) is 46.2 Å². The van der Waals surface area contributed by atoms with Gasteiger partial charge in [-0.2, -0.15) is 0 Å². The van der Waals surface area contributed by atoms with Crippen LogP contribution in [0.25, 0.3) is 0 Å². The van der Waals surface area contributed by atoms with Crippen LogP contribution < -0.4 is 5.73 Å². The lowest BCUT2D eigenvalue weighted by molar-refractivity contribution is 0.195. The monoisotopic (exact) mass is 199 g/mol. The highest BCUT2D eigenvalue weighted by atomic mass is 35.5. The van der Waals surface area contributed by atoms with Crippen molar-refractivity contribution in [3.05, 3.63) is 34.3 Å². The molecule has 0 aliphatic carbocycles. The minimum Gasteiger partial charge on any atom is -0.393 e. The van der Waals surface area contributed by atoms with E-state index in [1.54, 1.807) is 6.92 Å². The van der Waals surface area contributed by atoms with Crippen LogP contribution in [0.2, 0.25) is 5.02 Å². The van der Waals surface area contributed by atoms with Crippen LogP contribution in [-0.4, -0.2) is 11.2 Å². The van der Waals surface area contributed by atoms with E-state index in [1.807, 2.05) is 18.2 Å². The van der Waals surface area contributed by atoms with Crippen LogP contribution >= 0.6 is 11.6 Å². The number of nitrogens with two attached hydrogens (primary N) is 1. The van der Waals surface area contributed by atoms with Gasteiger partial charge in [-0.1, -0.05) is 17.7 Å². The van der Waals surface area contributed by atoms with E-state index < -0.39 is 0 Å². The van der Waals surface area contributed by atoms with Crippen molar-refractivity contribution in [1.29, 1.82) is 0 Å². The lowest BCUT2D eigenvalue weighted by atomic mass is 10.0. The van der Waals surface area contributed by atoms with Gasteiger partial charge in [-0.05, 0) is 36.6 Å². The largest absolute Gasteiger partial charge is 0.393 e. The van der Waals surface area contributed by atoms with Gasteiger partial charge in [0.15, 0.2) is 0 Å². The van der Waals surface area contributed by atoms with Crippen LogP contribution in [-0.2, 0) is 13.0 Å². The third kappa shape index (κ3) is 2.99. The maximum Gasteiger partial charge on any atom is 0.0552 e. The fourth-order valence-corrected chi connectivity index (χ4v) is 1.50. The average molecular weight is 200 g/mol. The van der Waals surface area contributed by atoms with Crippen molar-refractivity contribution in [2.45, 2.75) is 26.0 Å². The summed E-state index contributed by atoms with van der Waals surface area (Å²) < 4.78 is 0. The van der Waals surface area contributed by atoms with Crippen molar-refractivity contribution < 1.29 is 5.11 Å². The van der Waals surface area contributed by atoms with E-state index in [9.17, 15) is 5.11 Å². The van der Waals surface area contributed by atoms with Crippen molar-refractivity contribution >= 4 is 11.6 Å². The molecular weight excluding hydrogens is 186 g/mol. The minimum atomic E-state index is -0.358. The van der Waals surface area contributed by atoms with E-state index in [1.165, 1.54) is 0 Å². The molecule has 0 aliphatic heterocycles. The first-order valence-corrected chi connectivity index (χ1v) is 4.66. The van der Waals surface area contributed by atoms with Crippen LogP contribution in [0.1, 0.15) is 18.1 Å². The molecule has 0 amide bonds. The summed E-state index contributed by atoms with van der Waals surface area (Å²) in [6.45, 7) is 2.24. The first-order valence-electron chi connectivity index (χ1n) is 4.29. The van der Waals surface area contributed by atoms with Crippen molar-refractivity contribution in [2.24, 2.45) is 5.73 Å². The zero-order valence-electron chi connectivity index (χ0n) is 7.63. The van der Waals surface area contributed by atoms with Gasteiger partial charge in [-0.3, -0.25) is 0 Å². The lowest BCUT2D eigenvalue weighted by Crippen LogP contribution is -2.09. The molecule has 0 radical (unpaired) electrons. The Bertz CT molecular complexity index is 286. The molecule has 1 unspecified atom stereocenters. The summed E-state index contributed by atoms with van der Waals surface area (Å²) in [6.07, 6.45) is 0.247. The normalized spacial score (nSPS) is 12.9. The van der Waals surface area contributed by atoms with Crippen molar-refractivity contribution in [3.8, 4) is 0 Å². The van der Waals surface area contributed by atoms with E-state index in [4.69, 9.17) is 17.3 Å². The molecule has 1 atom stereocenters. The van der Waals surface area contributed by atoms with Crippen LogP contribution in [0.5, 0.6) is 0 Å². The summed E-state index contributed by atoms with van der Waals surface area (Å²) >= 11 is 5.83. The van der Waals surface area contributed by atoms with Gasteiger partial charge < -0.3 is 10.8 Å². The van der Waals surface area contributed by atoms with Crippen molar-refractivity contribution in [3.63, 3.8) is 0 Å². The van der Waals surface area contributed by atoms with Gasteiger partial charge in [-0.25, -0.2) is 0 Å². The van der Waals surface area contributed by atoms with Gasteiger partial charge >= 0.3 is 0 Å². The summed E-state index contributed by atoms with van der Waals surface area (Å²) in [5, 5.41) is 9.92. The first kappa shape index (κ1) is 10.5. The van der Waals surface area contributed by atoms with Crippen molar-refractivity contribution in [2.75, 3.05) is 0 Å². The SMILES string of the molecule is CC(O)Cc1cc(Cl)ccc1CN. The molecule has 1 aromatic rings. The molecule has 3 N–H and O–H groups in total. The summed E-state index contributed by atoms with van der Waals surface area (Å²) in [6, 6.07) is 5.58. The maximum absolute atomic E-state index is 9.23. The lowest BCUT2D eigenvalue weighted by Gasteiger charge is -2.09. The predicted molar refractivity (Wildman–Crippen MR) is 54.7 cm³/mol. The Morgan fingerprint density at radius 2 is 2.15 bits per heavy atom. The molecule has 13 heavy (non-hydrogen) atoms. The molecule has 72 valence electrons. The van der Waals surface area contributed by atoms with Gasteiger partial charge in [0.1, 0.15) is 0 Å². The molecule has 0 fully saturated rings. The van der Waals surface area contributed by atoms with E-state index in [0.717, 1.165) is 11.1 Å². The van der Waals surface area contributed by atoms with Crippen LogP contribution in [0.15, 0.2) is 18.2 Å². The van der Waals surface area contributed by atoms with Crippen LogP contribution in [0.3, 0.4) is 0 Å². The zero-order chi connectivity index (χ0) is 9.84. The molecule has 0 saturated carbocycles. The Kier molecular flexibility index (Phi) is 3.72. The first-order chi connectivity index (χ1) is 6.13. The molecule has 2 nitrogen and oxygen atoms in total. The molecule has 0 aromatic heterocycles. The Morgan fingerprint density at radius 1 is 1.46 bits per heavy atom. The Balaban J connectivity index is 2.94. The van der Waals surface area contributed by atoms with E-state index >= 15 is 0 Å². The number of aliphatic hydroxyl groups is 1. The summed E-state index contributed by atoms with van der Waals surface area (Å²) in [5.74, 6) is 0. The number of rotatable bonds is 3. The number of hydrogen-bond donors (Lipinski definition) is 2. The number of hydrogen-bond acceptors (Lipinski definition) is 2. The van der Waals surface area contributed by atoms with Gasteiger partial charge in [0.05, 0.1) is 6.10 Å². The molecule has 0 saturated heterocycles. The van der Waals surface area contributed by atoms with E-state index in [2.05, 4.69) is 0 Å². The Morgan fingerprint density at radius 3 is 2.69 bits per heavy atom. The number of benzene rings is 1. The second kappa shape index (κ2) is 4.61. The second-order valence-electron chi connectivity index (χ2n) is 3.17. The van der Waals surface area contributed by atoms with E-state index in [0.29, 0.717) is 18.0 Å². The average Bonchev–Trinajstić information content (AvgIpc) is 2.03. The van der Waals surface area contributed by atoms with Crippen molar-refractivity contribution in [1.82, 2.24) is 0 Å². The minimum absolute atomic E-state index is 0.358. The third-order valence-electron chi connectivity index (χ3n) is 1.90. The molecule has 0 spiro atoms. The van der Waals surface area contributed by atoms with Crippen LogP contribution in [0.4, 0.5) is 0 Å². The molecule has 0 heterocycles. The smallest absolute Gasteiger partial charge is 0.0552 e. The second-order valence-corrected chi connectivity index (χ2v) is 3.61. The number of aliphatic hydroxyl groups excluding tert-OH is 1. The van der Waals surface area contributed by atoms with E-state index in [-0.39, 0.29) is 6.10 Å². The molecule has 0 aliphatic rings. The predicted octanol–water partition coefficient (Wildman–Crippen LogP) is 1.72. The number of halogens is 1. The third-order valence-corrected chi connectivity index (χ3v) is 2.14. The van der Waals surface area contributed by atoms with Gasteiger partial charge in [0, 0.05) is 11.6 Å². The summed E-state index contributed by atoms with van der Waals surface area (Å²) in [5.41, 5.74) is 7.63. The van der Waals surface area contributed by atoms with Crippen LogP contribution in [0, 0.1) is 0 Å². The Hall–Kier alpha value is -0.570. The molecule has 1 aromatic carbocycles. The fourth-order valence-electron chi connectivity index (χ4n) is 1.30. The molecule has 3 heteroatoms. The molecular formula is C10H14ClNO. The highest BCUT2D eigenvalue weighted by Gasteiger charge is 2.04. The molecule has 1 rings (SSSR count). The summed E-state index contributed by atoms with van der Waals surface area (Å²) in [4.78, 5) is 0. The standard InChI is InChI=1S/C10H14ClNO/c1-7(13)4-9-5-10(11)3-2-8(9)6-12/h2-3,5,7,13H,4,6,12H2,1H3. The Labute approximate surface area is 83.3 Å².